The highest BCUT2D eigenvalue weighted by Crippen LogP contribution is 2.54. The van der Waals surface area contributed by atoms with Crippen LogP contribution in [0, 0.1) is 0 Å². The third-order valence-corrected chi connectivity index (χ3v) is 6.57. The van der Waals surface area contributed by atoms with Gasteiger partial charge in [0.05, 0.1) is 11.6 Å². The van der Waals surface area contributed by atoms with E-state index in [1.165, 1.54) is 0 Å². The second kappa shape index (κ2) is 6.47. The van der Waals surface area contributed by atoms with E-state index in [1.54, 1.807) is 0 Å². The van der Waals surface area contributed by atoms with Crippen LogP contribution in [0.2, 0.25) is 0 Å². The Labute approximate surface area is 180 Å². The Morgan fingerprint density at radius 2 is 1.97 bits per heavy atom. The molecule has 152 valence electrons. The van der Waals surface area contributed by atoms with Crippen molar-refractivity contribution in [3.8, 4) is 5.75 Å². The first-order chi connectivity index (χ1) is 14.4. The van der Waals surface area contributed by atoms with Crippen molar-refractivity contribution in [1.29, 1.82) is 0 Å². The van der Waals surface area contributed by atoms with Gasteiger partial charge in [0.25, 0.3) is 0 Å². The van der Waals surface area contributed by atoms with Crippen molar-refractivity contribution in [2.24, 2.45) is 4.99 Å². The molecule has 0 fully saturated rings. The number of halogens is 1. The lowest BCUT2D eigenvalue weighted by Gasteiger charge is -2.45. The summed E-state index contributed by atoms with van der Waals surface area (Å²) in [6.07, 6.45) is 1.92. The molecular weight excluding hydrogens is 398 g/mol. The van der Waals surface area contributed by atoms with Crippen molar-refractivity contribution in [2.75, 3.05) is 23.1 Å². The summed E-state index contributed by atoms with van der Waals surface area (Å²) in [6.45, 7) is 4.28. The Hall–Kier alpha value is -3.05. The predicted molar refractivity (Wildman–Crippen MR) is 123 cm³/mol. The van der Waals surface area contributed by atoms with E-state index in [2.05, 4.69) is 42.3 Å². The topological polar surface area (TPSA) is 53.9 Å². The van der Waals surface area contributed by atoms with Gasteiger partial charge in [0.15, 0.2) is 0 Å². The number of nitrogens with zero attached hydrogens (tertiary/aromatic N) is 2. The molecule has 5 rings (SSSR count). The number of alkyl halides is 1. The molecule has 2 aliphatic heterocycles. The smallest absolute Gasteiger partial charge is 0.239 e. The molecule has 6 heteroatoms. The van der Waals surface area contributed by atoms with E-state index in [0.717, 1.165) is 39.1 Å². The van der Waals surface area contributed by atoms with Crippen LogP contribution in [0.3, 0.4) is 0 Å². The second-order valence-electron chi connectivity index (χ2n) is 8.29. The van der Waals surface area contributed by atoms with E-state index in [1.807, 2.05) is 49.7 Å². The van der Waals surface area contributed by atoms with E-state index in [9.17, 15) is 4.79 Å². The lowest BCUT2D eigenvalue weighted by Crippen LogP contribution is -2.61. The van der Waals surface area contributed by atoms with Crippen LogP contribution in [-0.2, 0) is 10.2 Å². The summed E-state index contributed by atoms with van der Waals surface area (Å²) in [7, 11) is 2.02. The van der Waals surface area contributed by atoms with Crippen molar-refractivity contribution in [1.82, 2.24) is 0 Å². The Morgan fingerprint density at radius 1 is 1.17 bits per heavy atom. The molecule has 0 aliphatic carbocycles. The zero-order chi connectivity index (χ0) is 21.1. The number of carbonyl (C=O) groups excluding carboxylic acids is 1. The molecule has 5 nitrogen and oxygen atoms in total. The van der Waals surface area contributed by atoms with E-state index in [-0.39, 0.29) is 11.8 Å². The van der Waals surface area contributed by atoms with Crippen LogP contribution in [0.15, 0.2) is 59.6 Å². The highest BCUT2D eigenvalue weighted by molar-refractivity contribution is 6.29. The number of carbonyl (C=O) groups is 1. The maximum Gasteiger partial charge on any atom is 0.239 e. The van der Waals surface area contributed by atoms with Crippen LogP contribution in [0.1, 0.15) is 19.4 Å². The maximum absolute atomic E-state index is 11.7. The standard InChI is InChI=1S/C24H22ClN3O2/c1-23(2)18-12-16(27-21(29)13-25)9-10-19(18)28(3)24(23)14-26-22-17-7-5-4-6-15(17)8-11-20(22)30-24/h4-12,14H,13H2,1-3H3,(H,27,29). The average molecular weight is 420 g/mol. The van der Waals surface area contributed by atoms with Crippen LogP contribution >= 0.6 is 11.6 Å². The van der Waals surface area contributed by atoms with Crippen molar-refractivity contribution >= 4 is 51.6 Å². The minimum atomic E-state index is -0.778. The third-order valence-electron chi connectivity index (χ3n) is 6.33. The maximum atomic E-state index is 11.7. The van der Waals surface area contributed by atoms with Crippen LogP contribution < -0.4 is 15.0 Å². The summed E-state index contributed by atoms with van der Waals surface area (Å²) < 4.78 is 6.71. The van der Waals surface area contributed by atoms with E-state index in [4.69, 9.17) is 21.3 Å². The van der Waals surface area contributed by atoms with Gasteiger partial charge < -0.3 is 15.0 Å². The second-order valence-corrected chi connectivity index (χ2v) is 8.56. The highest BCUT2D eigenvalue weighted by Gasteiger charge is 2.58. The SMILES string of the molecule is CN1c2ccc(NC(=O)CCl)cc2C(C)(C)C12C=Nc1c(ccc3ccccc13)O2. The van der Waals surface area contributed by atoms with Gasteiger partial charge in [-0.1, -0.05) is 30.3 Å². The van der Waals surface area contributed by atoms with Crippen LogP contribution in [0.4, 0.5) is 17.1 Å². The molecule has 0 aromatic heterocycles. The molecule has 0 bridgehead atoms. The first-order valence-corrected chi connectivity index (χ1v) is 10.4. The fourth-order valence-corrected chi connectivity index (χ4v) is 4.70. The normalized spacial score (nSPS) is 20.7. The number of anilines is 2. The van der Waals surface area contributed by atoms with Gasteiger partial charge in [-0.3, -0.25) is 9.79 Å². The Kier molecular flexibility index (Phi) is 4.09. The summed E-state index contributed by atoms with van der Waals surface area (Å²) in [5.74, 6) is 0.455. The lowest BCUT2D eigenvalue weighted by atomic mass is 9.77. The number of ether oxygens (including phenoxy) is 1. The van der Waals surface area contributed by atoms with Crippen molar-refractivity contribution in [3.63, 3.8) is 0 Å². The van der Waals surface area contributed by atoms with Crippen LogP contribution in [-0.4, -0.2) is 30.8 Å². The molecule has 2 heterocycles. The average Bonchev–Trinajstić information content (AvgIpc) is 2.91. The van der Waals surface area contributed by atoms with E-state index < -0.39 is 11.1 Å². The first-order valence-electron chi connectivity index (χ1n) is 9.87. The van der Waals surface area contributed by atoms with Gasteiger partial charge in [-0.15, -0.1) is 11.6 Å². The molecule has 1 unspecified atom stereocenters. The number of fused-ring (bicyclic) bond motifs is 4. The number of hydrogen-bond donors (Lipinski definition) is 1. The monoisotopic (exact) mass is 419 g/mol. The number of nitrogens with one attached hydrogen (secondary N) is 1. The zero-order valence-electron chi connectivity index (χ0n) is 17.1. The quantitative estimate of drug-likeness (QED) is 0.578. The third kappa shape index (κ3) is 2.48. The highest BCUT2D eigenvalue weighted by atomic mass is 35.5. The summed E-state index contributed by atoms with van der Waals surface area (Å²) >= 11 is 5.65. The predicted octanol–water partition coefficient (Wildman–Crippen LogP) is 5.24. The summed E-state index contributed by atoms with van der Waals surface area (Å²) in [4.78, 5) is 18.8. The number of benzene rings is 3. The fourth-order valence-electron chi connectivity index (χ4n) is 4.63. The summed E-state index contributed by atoms with van der Waals surface area (Å²) in [6, 6.07) is 18.1. The lowest BCUT2D eigenvalue weighted by molar-refractivity contribution is -0.113. The molecule has 30 heavy (non-hydrogen) atoms. The Morgan fingerprint density at radius 3 is 2.77 bits per heavy atom. The van der Waals surface area contributed by atoms with Gasteiger partial charge in [0.2, 0.25) is 11.6 Å². The van der Waals surface area contributed by atoms with Gasteiger partial charge >= 0.3 is 0 Å². The molecule has 1 spiro atoms. The molecular formula is C24H22ClN3O2. The van der Waals surface area contributed by atoms with Crippen LogP contribution in [0.25, 0.3) is 10.8 Å². The zero-order valence-corrected chi connectivity index (χ0v) is 17.8. The first kappa shape index (κ1) is 18.9. The molecule has 3 aromatic carbocycles. The molecule has 3 aromatic rings. The van der Waals surface area contributed by atoms with Gasteiger partial charge in [-0.2, -0.15) is 0 Å². The number of aliphatic imine (C=N–C) groups is 1. The van der Waals surface area contributed by atoms with Crippen LogP contribution in [0.5, 0.6) is 5.75 Å². The molecule has 2 aliphatic rings. The van der Waals surface area contributed by atoms with E-state index >= 15 is 0 Å². The molecule has 1 N–H and O–H groups in total. The largest absolute Gasteiger partial charge is 0.459 e. The van der Waals surface area contributed by atoms with Crippen molar-refractivity contribution < 1.29 is 9.53 Å². The van der Waals surface area contributed by atoms with Gasteiger partial charge in [-0.05, 0) is 49.1 Å². The Balaban J connectivity index is 1.61. The van der Waals surface area contributed by atoms with Gasteiger partial charge in [0, 0.05) is 23.8 Å². The van der Waals surface area contributed by atoms with E-state index in [0.29, 0.717) is 0 Å². The molecule has 0 radical (unpaired) electrons. The molecule has 1 atom stereocenters. The van der Waals surface area contributed by atoms with Gasteiger partial charge in [0.1, 0.15) is 17.3 Å². The van der Waals surface area contributed by atoms with Crippen molar-refractivity contribution in [2.45, 2.75) is 25.0 Å². The summed E-state index contributed by atoms with van der Waals surface area (Å²) in [5, 5.41) is 5.04. The number of likely N-dealkylation sites (N-methyl/N-ethyl adjacent to an activating group) is 1. The van der Waals surface area contributed by atoms with Gasteiger partial charge in [-0.25, -0.2) is 0 Å². The minimum Gasteiger partial charge on any atom is -0.459 e. The molecule has 0 saturated heterocycles. The minimum absolute atomic E-state index is 0.0785. The summed E-state index contributed by atoms with van der Waals surface area (Å²) in [5.41, 5.74) is 2.49. The molecule has 1 amide bonds. The Bertz CT molecular complexity index is 1220. The number of amides is 1. The fraction of sp³-hybridized carbons (Fsp3) is 0.250. The van der Waals surface area contributed by atoms with Crippen molar-refractivity contribution in [3.05, 3.63) is 60.2 Å². The molecule has 0 saturated carbocycles. The number of hydrogen-bond acceptors (Lipinski definition) is 4. The number of rotatable bonds is 2.